The van der Waals surface area contributed by atoms with Gasteiger partial charge in [-0.15, -0.1) is 0 Å². The predicted molar refractivity (Wildman–Crippen MR) is 251 cm³/mol. The van der Waals surface area contributed by atoms with Gasteiger partial charge in [-0.2, -0.15) is 0 Å². The lowest BCUT2D eigenvalue weighted by Gasteiger charge is -2.24. The Morgan fingerprint density at radius 1 is 0.613 bits per heavy atom. The van der Waals surface area contributed by atoms with Crippen LogP contribution in [0.1, 0.15) is 159 Å². The summed E-state index contributed by atoms with van der Waals surface area (Å²) in [6.45, 7) is 6.65. The summed E-state index contributed by atoms with van der Waals surface area (Å²) >= 11 is 0. The first-order chi connectivity index (χ1) is 30.2. The van der Waals surface area contributed by atoms with Gasteiger partial charge in [0, 0.05) is 13.0 Å². The molecule has 0 aliphatic rings. The molecule has 2 unspecified atom stereocenters. The average Bonchev–Trinajstić information content (AvgIpc) is 3.28. The number of carbonyl (C=O) groups excluding carboxylic acids is 2. The van der Waals surface area contributed by atoms with Gasteiger partial charge in [-0.25, -0.2) is 0 Å². The van der Waals surface area contributed by atoms with E-state index in [-0.39, 0.29) is 38.2 Å². The van der Waals surface area contributed by atoms with E-state index in [0.29, 0.717) is 19.6 Å². The van der Waals surface area contributed by atoms with Gasteiger partial charge in [0.15, 0.2) is 0 Å². The van der Waals surface area contributed by atoms with E-state index in [1.165, 1.54) is 82.6 Å². The van der Waals surface area contributed by atoms with Gasteiger partial charge in [0.1, 0.15) is 11.9 Å². The molecule has 10 nitrogen and oxygen atoms in total. The largest absolute Gasteiger partial charge is 0.756 e. The molecule has 0 aliphatic carbocycles. The summed E-state index contributed by atoms with van der Waals surface area (Å²) in [4.78, 5) is 37.1. The van der Waals surface area contributed by atoms with E-state index in [1.807, 2.05) is 48.5 Å². The van der Waals surface area contributed by atoms with Gasteiger partial charge < -0.3 is 34.0 Å². The van der Waals surface area contributed by atoms with E-state index >= 15 is 0 Å². The summed E-state index contributed by atoms with van der Waals surface area (Å²) in [6.07, 6.45) is 20.8. The topological polar surface area (TPSA) is 135 Å². The second-order valence-electron chi connectivity index (χ2n) is 16.2. The number of carbonyl (C=O) groups is 2. The molecule has 3 aromatic carbocycles. The van der Waals surface area contributed by atoms with E-state index in [9.17, 15) is 19.0 Å². The molecule has 3 rings (SSSR count). The van der Waals surface area contributed by atoms with Gasteiger partial charge in [0.25, 0.3) is 7.82 Å². The summed E-state index contributed by atoms with van der Waals surface area (Å²) < 4.78 is 33.3. The van der Waals surface area contributed by atoms with Crippen molar-refractivity contribution < 1.29 is 37.6 Å². The Bertz CT molecular complexity index is 1700. The standard InChI is InChI=1S/C51H77N2O8P/c1-4-6-7-8-9-10-11-12-13-14-15-16-17-18-25-32-50(55)61-43(3)42-60-62(56,57)59-40-38-53-49(54)41-52-37-26-31-48(44-27-21-19-22-28-44)51(45-29-23-20-24-30-45)46-33-35-47(36-34-46)58-39-5-2/h19-24,27-30,33-36,43,52H,4-18,25-26,31-32,37-42H2,1-3H3,(H,53,54)(H,56,57)/p-1. The Morgan fingerprint density at radius 3 is 1.74 bits per heavy atom. The highest BCUT2D eigenvalue weighted by molar-refractivity contribution is 7.45. The molecular formula is C51H76N2O8P-. The van der Waals surface area contributed by atoms with Crippen molar-refractivity contribution in [2.45, 2.75) is 149 Å². The lowest BCUT2D eigenvalue weighted by atomic mass is 9.87. The number of ether oxygens (including phenoxy) is 2. The molecule has 0 aromatic heterocycles. The van der Waals surface area contributed by atoms with E-state index in [4.69, 9.17) is 18.5 Å². The smallest absolute Gasteiger partial charge is 0.306 e. The molecule has 0 saturated heterocycles. The number of esters is 1. The third-order valence-electron chi connectivity index (χ3n) is 10.6. The average molecular weight is 876 g/mol. The zero-order chi connectivity index (χ0) is 44.5. The second-order valence-corrected chi connectivity index (χ2v) is 17.6. The van der Waals surface area contributed by atoms with Gasteiger partial charge in [0.05, 0.1) is 26.4 Å². The molecule has 2 N–H and O–H groups in total. The Hall–Kier alpha value is -3.79. The number of unbranched alkanes of at least 4 members (excludes halogenated alkanes) is 14. The van der Waals surface area contributed by atoms with E-state index in [0.717, 1.165) is 66.5 Å². The minimum absolute atomic E-state index is 0.0104. The SMILES string of the molecule is CCCCCCCCCCCCCCCCCC(=O)OC(C)COP(=O)([O-])OCCNC(=O)CNCCCC(=C(c1ccccc1)c1ccc(OCCC)cc1)c1ccccc1. The van der Waals surface area contributed by atoms with Crippen LogP contribution >= 0.6 is 7.82 Å². The van der Waals surface area contributed by atoms with Crippen molar-refractivity contribution in [2.75, 3.05) is 39.5 Å². The summed E-state index contributed by atoms with van der Waals surface area (Å²) in [5.41, 5.74) is 5.71. The molecular weight excluding hydrogens is 800 g/mol. The van der Waals surface area contributed by atoms with Crippen molar-refractivity contribution in [3.8, 4) is 5.75 Å². The van der Waals surface area contributed by atoms with Crippen LogP contribution in [0.5, 0.6) is 5.75 Å². The minimum atomic E-state index is -4.65. The summed E-state index contributed by atoms with van der Waals surface area (Å²) in [7, 11) is -4.65. The zero-order valence-corrected chi connectivity index (χ0v) is 38.9. The quantitative estimate of drug-likeness (QED) is 0.0253. The van der Waals surface area contributed by atoms with Gasteiger partial charge in [0.2, 0.25) is 5.91 Å². The molecule has 62 heavy (non-hydrogen) atoms. The number of hydrogen-bond donors (Lipinski definition) is 2. The lowest BCUT2D eigenvalue weighted by Crippen LogP contribution is -2.36. The van der Waals surface area contributed by atoms with Crippen LogP contribution in [0.3, 0.4) is 0 Å². The van der Waals surface area contributed by atoms with Crippen molar-refractivity contribution in [3.63, 3.8) is 0 Å². The molecule has 344 valence electrons. The monoisotopic (exact) mass is 876 g/mol. The first-order valence-corrected chi connectivity index (χ1v) is 25.0. The van der Waals surface area contributed by atoms with E-state index < -0.39 is 13.9 Å². The third-order valence-corrected chi connectivity index (χ3v) is 11.6. The molecule has 0 fully saturated rings. The predicted octanol–water partition coefficient (Wildman–Crippen LogP) is 11.6. The minimum Gasteiger partial charge on any atom is -0.756 e. The van der Waals surface area contributed by atoms with Gasteiger partial charge >= 0.3 is 5.97 Å². The lowest BCUT2D eigenvalue weighted by molar-refractivity contribution is -0.227. The number of nitrogens with one attached hydrogen (secondary N) is 2. The Labute approximate surface area is 373 Å². The molecule has 1 amide bonds. The highest BCUT2D eigenvalue weighted by Crippen LogP contribution is 2.38. The van der Waals surface area contributed by atoms with Crippen LogP contribution in [0.15, 0.2) is 84.9 Å². The third kappa shape index (κ3) is 23.6. The van der Waals surface area contributed by atoms with E-state index in [1.54, 1.807) is 6.92 Å². The maximum Gasteiger partial charge on any atom is 0.306 e. The summed E-state index contributed by atoms with van der Waals surface area (Å²) in [6, 6.07) is 29.0. The number of rotatable bonds is 36. The van der Waals surface area contributed by atoms with Crippen molar-refractivity contribution in [2.24, 2.45) is 0 Å². The Kier molecular flexibility index (Phi) is 27.8. The molecule has 0 spiro atoms. The van der Waals surface area contributed by atoms with Gasteiger partial charge in [-0.1, -0.05) is 177 Å². The fraction of sp³-hybridized carbons (Fsp3) is 0.569. The van der Waals surface area contributed by atoms with Crippen LogP contribution < -0.4 is 20.3 Å². The number of hydrogen-bond acceptors (Lipinski definition) is 9. The number of allylic oxidation sites excluding steroid dienone is 1. The zero-order valence-electron chi connectivity index (χ0n) is 38.1. The molecule has 3 aromatic rings. The number of amides is 1. The second kappa shape index (κ2) is 32.8. The van der Waals surface area contributed by atoms with Crippen LogP contribution in [-0.4, -0.2) is 57.4 Å². The maximum atomic E-state index is 12.5. The fourth-order valence-electron chi connectivity index (χ4n) is 7.30. The van der Waals surface area contributed by atoms with Crippen molar-refractivity contribution >= 4 is 30.8 Å². The van der Waals surface area contributed by atoms with Crippen LogP contribution in [0.4, 0.5) is 0 Å². The number of phosphoric ester groups is 1. The molecule has 0 heterocycles. The molecule has 0 aliphatic heterocycles. The maximum absolute atomic E-state index is 12.5. The first-order valence-electron chi connectivity index (χ1n) is 23.6. The van der Waals surface area contributed by atoms with Crippen LogP contribution in [0.25, 0.3) is 11.1 Å². The van der Waals surface area contributed by atoms with Crippen LogP contribution in [-0.2, 0) is 27.9 Å². The molecule has 11 heteroatoms. The highest BCUT2D eigenvalue weighted by atomic mass is 31.2. The van der Waals surface area contributed by atoms with Gasteiger partial charge in [-0.3, -0.25) is 14.2 Å². The Balaban J connectivity index is 1.28. The van der Waals surface area contributed by atoms with E-state index in [2.05, 4.69) is 60.9 Å². The molecule has 0 bridgehead atoms. The highest BCUT2D eigenvalue weighted by Gasteiger charge is 2.17. The van der Waals surface area contributed by atoms with Gasteiger partial charge in [-0.05, 0) is 79.1 Å². The number of phosphoric acid groups is 1. The van der Waals surface area contributed by atoms with Crippen LogP contribution in [0, 0.1) is 0 Å². The van der Waals surface area contributed by atoms with Crippen molar-refractivity contribution in [1.29, 1.82) is 0 Å². The first kappa shape index (κ1) is 52.6. The van der Waals surface area contributed by atoms with Crippen molar-refractivity contribution in [3.05, 3.63) is 102 Å². The normalized spacial score (nSPS) is 13.2. The molecule has 2 atom stereocenters. The summed E-state index contributed by atoms with van der Waals surface area (Å²) in [5.74, 6) is 0.204. The number of benzene rings is 3. The summed E-state index contributed by atoms with van der Waals surface area (Å²) in [5, 5.41) is 5.88. The fourth-order valence-corrected chi connectivity index (χ4v) is 8.09. The van der Waals surface area contributed by atoms with Crippen molar-refractivity contribution in [1.82, 2.24) is 10.6 Å². The molecule has 0 saturated carbocycles. The molecule has 0 radical (unpaired) electrons. The van der Waals surface area contributed by atoms with Crippen LogP contribution in [0.2, 0.25) is 0 Å². The Morgan fingerprint density at radius 2 is 1.16 bits per heavy atom.